The number of hydrogen-bond donors (Lipinski definition) is 12. The molecule has 0 unspecified atom stereocenters. The molecule has 282 valence electrons. The Balaban J connectivity index is 1.48. The number of nitrogens with one attached hydrogen (secondary N) is 6. The molecular formula is C34H50N6O11. The largest absolute Gasteiger partial charge is 0.508 e. The summed E-state index contributed by atoms with van der Waals surface area (Å²) in [6.45, 7) is 3.73. The number of carboxylic acid groups (broad SMARTS) is 1. The maximum Gasteiger partial charge on any atom is 0.336 e. The van der Waals surface area contributed by atoms with Crippen LogP contribution in [0.5, 0.6) is 23.0 Å². The average Bonchev–Trinajstić information content (AvgIpc) is 3.06. The summed E-state index contributed by atoms with van der Waals surface area (Å²) < 4.78 is 0. The Bertz CT molecular complexity index is 1360. The second-order valence-electron chi connectivity index (χ2n) is 11.9. The third kappa shape index (κ3) is 16.4. The fraction of sp³-hybridized carbons (Fsp3) is 0.500. The first-order chi connectivity index (χ1) is 24.3. The van der Waals surface area contributed by atoms with Crippen LogP contribution in [-0.2, 0) is 14.4 Å². The Morgan fingerprint density at radius 1 is 0.510 bits per heavy atom. The molecule has 0 heterocycles. The van der Waals surface area contributed by atoms with Gasteiger partial charge >= 0.3 is 5.97 Å². The van der Waals surface area contributed by atoms with Crippen molar-refractivity contribution in [2.45, 2.75) is 57.0 Å². The normalized spacial score (nSPS) is 11.1. The summed E-state index contributed by atoms with van der Waals surface area (Å²) in [6, 6.07) is 7.45. The lowest BCUT2D eigenvalue weighted by Crippen LogP contribution is -2.47. The van der Waals surface area contributed by atoms with Gasteiger partial charge in [-0.3, -0.25) is 19.2 Å². The fourth-order valence-electron chi connectivity index (χ4n) is 4.77. The van der Waals surface area contributed by atoms with Crippen LogP contribution in [0, 0.1) is 0 Å². The van der Waals surface area contributed by atoms with Crippen LogP contribution >= 0.6 is 0 Å². The van der Waals surface area contributed by atoms with E-state index in [0.717, 1.165) is 12.1 Å². The molecule has 0 saturated carbocycles. The number of carbonyl (C=O) groups is 5. The number of rotatable bonds is 25. The second kappa shape index (κ2) is 22.6. The van der Waals surface area contributed by atoms with Gasteiger partial charge in [-0.1, -0.05) is 0 Å². The summed E-state index contributed by atoms with van der Waals surface area (Å²) >= 11 is 0. The molecule has 17 heteroatoms. The Labute approximate surface area is 295 Å². The number of phenolic OH excluding ortho intramolecular Hbond substituents is 4. The van der Waals surface area contributed by atoms with Crippen LogP contribution in [0.2, 0.25) is 0 Å². The van der Waals surface area contributed by atoms with Crippen LogP contribution in [0.1, 0.15) is 72.1 Å². The highest BCUT2D eigenvalue weighted by Crippen LogP contribution is 2.23. The first-order valence-corrected chi connectivity index (χ1v) is 16.8. The Hall–Kier alpha value is -5.13. The third-order valence-electron chi connectivity index (χ3n) is 7.59. The molecule has 0 spiro atoms. The van der Waals surface area contributed by atoms with Gasteiger partial charge in [-0.2, -0.15) is 0 Å². The highest BCUT2D eigenvalue weighted by atomic mass is 16.4. The van der Waals surface area contributed by atoms with Crippen molar-refractivity contribution in [2.24, 2.45) is 0 Å². The number of unbranched alkanes of at least 4 members (excludes halogenated alkanes) is 2. The number of carbonyl (C=O) groups excluding carboxylic acids is 4. The summed E-state index contributed by atoms with van der Waals surface area (Å²) in [4.78, 5) is 60.5. The number of aromatic hydroxyl groups is 4. The minimum atomic E-state index is -2.55. The van der Waals surface area contributed by atoms with Gasteiger partial charge < -0.3 is 62.5 Å². The number of amides is 4. The van der Waals surface area contributed by atoms with Crippen LogP contribution in [0.3, 0.4) is 0 Å². The molecule has 17 nitrogen and oxygen atoms in total. The summed E-state index contributed by atoms with van der Waals surface area (Å²) in [5.41, 5.74) is -2.42. The standard InChI is InChI=1S/C34H50N6O11/c41-23-7-9-25(27(43)19-23)31(47)39-17-5-13-35-11-1-3-15-37-29(45)21-34(51,33(49)50)22-30(46)38-16-4-2-12-36-14-6-18-40-32(48)26-10-8-24(42)20-28(26)44/h7-10,19-20,35-36,41-44,51H,1-6,11-18,21-22H2,(H,37,45)(H,38,46)(H,39,47)(H,40,48)(H,49,50). The second-order valence-corrected chi connectivity index (χ2v) is 11.9. The predicted octanol–water partition coefficient (Wildman–Crippen LogP) is 0.0169. The van der Waals surface area contributed by atoms with Gasteiger partial charge in [0.15, 0.2) is 5.60 Å². The lowest BCUT2D eigenvalue weighted by atomic mass is 9.94. The lowest BCUT2D eigenvalue weighted by molar-refractivity contribution is -0.164. The smallest absolute Gasteiger partial charge is 0.336 e. The van der Waals surface area contributed by atoms with E-state index in [0.29, 0.717) is 77.8 Å². The molecule has 4 amide bonds. The van der Waals surface area contributed by atoms with Crippen LogP contribution < -0.4 is 31.9 Å². The van der Waals surface area contributed by atoms with E-state index in [1.807, 2.05) is 0 Å². The van der Waals surface area contributed by atoms with Crippen LogP contribution in [0.15, 0.2) is 36.4 Å². The van der Waals surface area contributed by atoms with E-state index in [-0.39, 0.29) is 47.2 Å². The summed E-state index contributed by atoms with van der Waals surface area (Å²) in [5, 5.41) is 75.0. The van der Waals surface area contributed by atoms with Gasteiger partial charge in [0.2, 0.25) is 11.8 Å². The molecule has 0 aliphatic heterocycles. The number of hydrogen-bond acceptors (Lipinski definition) is 12. The lowest BCUT2D eigenvalue weighted by Gasteiger charge is -2.22. The number of benzene rings is 2. The zero-order valence-electron chi connectivity index (χ0n) is 28.5. The first-order valence-electron chi connectivity index (χ1n) is 16.8. The molecule has 0 aromatic heterocycles. The number of aliphatic carboxylic acids is 1. The van der Waals surface area contributed by atoms with E-state index in [4.69, 9.17) is 0 Å². The zero-order chi connectivity index (χ0) is 37.6. The van der Waals surface area contributed by atoms with Crippen molar-refractivity contribution in [3.05, 3.63) is 47.5 Å². The number of phenols is 4. The molecule has 0 atom stereocenters. The molecule has 0 fully saturated rings. The monoisotopic (exact) mass is 718 g/mol. The van der Waals surface area contributed by atoms with Gasteiger partial charge in [-0.15, -0.1) is 0 Å². The van der Waals surface area contributed by atoms with Crippen molar-refractivity contribution in [1.29, 1.82) is 0 Å². The van der Waals surface area contributed by atoms with Crippen molar-refractivity contribution in [1.82, 2.24) is 31.9 Å². The predicted molar refractivity (Wildman–Crippen MR) is 185 cm³/mol. The van der Waals surface area contributed by atoms with Gasteiger partial charge in [-0.05, 0) is 89.0 Å². The van der Waals surface area contributed by atoms with E-state index in [9.17, 15) is 54.6 Å². The average molecular weight is 719 g/mol. The number of aliphatic hydroxyl groups is 1. The molecule has 2 rings (SSSR count). The van der Waals surface area contributed by atoms with E-state index >= 15 is 0 Å². The topological polar surface area (TPSA) is 279 Å². The highest BCUT2D eigenvalue weighted by Gasteiger charge is 2.40. The molecule has 0 aliphatic carbocycles. The summed E-state index contributed by atoms with van der Waals surface area (Å²) in [5.74, 6) is -4.87. The Kier molecular flexibility index (Phi) is 18.6. The van der Waals surface area contributed by atoms with Crippen LogP contribution in [-0.4, -0.2) is 118 Å². The molecule has 2 aromatic rings. The molecule has 0 bridgehead atoms. The summed E-state index contributed by atoms with van der Waals surface area (Å²) in [6.07, 6.45) is 2.26. The van der Waals surface area contributed by atoms with Gasteiger partial charge in [0.1, 0.15) is 23.0 Å². The minimum absolute atomic E-state index is 0.0664. The van der Waals surface area contributed by atoms with Crippen molar-refractivity contribution < 1.29 is 54.6 Å². The van der Waals surface area contributed by atoms with E-state index in [2.05, 4.69) is 31.9 Å². The maximum absolute atomic E-state index is 12.3. The first kappa shape index (κ1) is 42.0. The van der Waals surface area contributed by atoms with Gasteiger partial charge in [0.05, 0.1) is 24.0 Å². The van der Waals surface area contributed by atoms with Crippen LogP contribution in [0.25, 0.3) is 0 Å². The molecule has 0 aliphatic rings. The highest BCUT2D eigenvalue weighted by molar-refractivity contribution is 5.97. The van der Waals surface area contributed by atoms with E-state index in [1.165, 1.54) is 24.3 Å². The Morgan fingerprint density at radius 2 is 0.863 bits per heavy atom. The van der Waals surface area contributed by atoms with Crippen LogP contribution in [0.4, 0.5) is 0 Å². The molecule has 12 N–H and O–H groups in total. The number of carboxylic acids is 1. The molecule has 51 heavy (non-hydrogen) atoms. The van der Waals surface area contributed by atoms with Gasteiger partial charge in [0.25, 0.3) is 11.8 Å². The SMILES string of the molecule is O=C(CC(O)(CC(=O)NCCCCNCCCNC(=O)c1ccc(O)cc1O)C(=O)O)NCCCCNCCCNC(=O)c1ccc(O)cc1O. The molecule has 2 aromatic carbocycles. The summed E-state index contributed by atoms with van der Waals surface area (Å²) in [7, 11) is 0. The van der Waals surface area contributed by atoms with Crippen molar-refractivity contribution in [3.8, 4) is 23.0 Å². The maximum atomic E-state index is 12.3. The molecule has 0 saturated heterocycles. The molecule has 0 radical (unpaired) electrons. The van der Waals surface area contributed by atoms with Crippen molar-refractivity contribution in [2.75, 3.05) is 52.4 Å². The van der Waals surface area contributed by atoms with E-state index < -0.39 is 48.0 Å². The third-order valence-corrected chi connectivity index (χ3v) is 7.59. The fourth-order valence-corrected chi connectivity index (χ4v) is 4.77. The van der Waals surface area contributed by atoms with Gasteiger partial charge in [0, 0.05) is 38.3 Å². The minimum Gasteiger partial charge on any atom is -0.508 e. The van der Waals surface area contributed by atoms with Crippen molar-refractivity contribution >= 4 is 29.6 Å². The Morgan fingerprint density at radius 3 is 1.24 bits per heavy atom. The quantitative estimate of drug-likeness (QED) is 0.0604. The van der Waals surface area contributed by atoms with E-state index in [1.54, 1.807) is 0 Å². The van der Waals surface area contributed by atoms with Crippen molar-refractivity contribution in [3.63, 3.8) is 0 Å². The molecular weight excluding hydrogens is 668 g/mol. The van der Waals surface area contributed by atoms with Gasteiger partial charge in [-0.25, -0.2) is 4.79 Å². The zero-order valence-corrected chi connectivity index (χ0v) is 28.5.